The molecule has 4 nitrogen and oxygen atoms in total. The molecule has 0 fully saturated rings. The largest absolute Gasteiger partial charge is 0.348 e. The van der Waals surface area contributed by atoms with Crippen LogP contribution in [0.4, 0.5) is 0 Å². The molecule has 0 spiro atoms. The third-order valence-electron chi connectivity index (χ3n) is 1.65. The Kier molecular flexibility index (Phi) is 2.70. The Morgan fingerprint density at radius 2 is 2.23 bits per heavy atom. The molecule has 1 amide bonds. The zero-order chi connectivity index (χ0) is 10.0. The minimum atomic E-state index is -0.104. The highest BCUT2D eigenvalue weighted by Crippen LogP contribution is 2.03. The second-order valence-electron chi connectivity index (χ2n) is 3.46. The molecule has 4 heteroatoms. The van der Waals surface area contributed by atoms with Gasteiger partial charge in [-0.3, -0.25) is 9.48 Å². The zero-order valence-electron chi connectivity index (χ0n) is 8.46. The van der Waals surface area contributed by atoms with Crippen LogP contribution in [0.1, 0.15) is 29.9 Å². The summed E-state index contributed by atoms with van der Waals surface area (Å²) in [5.41, 5.74) is 1.41. The normalized spacial score (nSPS) is 10.5. The molecule has 13 heavy (non-hydrogen) atoms. The summed E-state index contributed by atoms with van der Waals surface area (Å²) in [6.07, 6.45) is 1.83. The summed E-state index contributed by atoms with van der Waals surface area (Å²) in [6.45, 7) is 5.73. The van der Waals surface area contributed by atoms with E-state index in [2.05, 4.69) is 10.4 Å². The van der Waals surface area contributed by atoms with Gasteiger partial charge < -0.3 is 5.32 Å². The molecule has 0 bridgehead atoms. The van der Waals surface area contributed by atoms with Gasteiger partial charge in [0.1, 0.15) is 0 Å². The molecule has 0 saturated heterocycles. The molecule has 0 aromatic carbocycles. The maximum atomic E-state index is 11.5. The van der Waals surface area contributed by atoms with Crippen molar-refractivity contribution >= 4 is 5.91 Å². The Hall–Kier alpha value is -1.32. The van der Waals surface area contributed by atoms with E-state index in [0.29, 0.717) is 5.69 Å². The molecule has 1 N–H and O–H groups in total. The van der Waals surface area contributed by atoms with Crippen molar-refractivity contribution in [2.24, 2.45) is 7.05 Å². The number of nitrogens with zero attached hydrogens (tertiary/aromatic N) is 2. The van der Waals surface area contributed by atoms with Gasteiger partial charge in [-0.1, -0.05) is 0 Å². The lowest BCUT2D eigenvalue weighted by Gasteiger charge is -2.06. The van der Waals surface area contributed by atoms with Gasteiger partial charge >= 0.3 is 0 Å². The smallest absolute Gasteiger partial charge is 0.272 e. The van der Waals surface area contributed by atoms with Crippen molar-refractivity contribution in [1.29, 1.82) is 0 Å². The molecular weight excluding hydrogens is 166 g/mol. The lowest BCUT2D eigenvalue weighted by Crippen LogP contribution is -2.30. The van der Waals surface area contributed by atoms with E-state index in [4.69, 9.17) is 0 Å². The van der Waals surface area contributed by atoms with E-state index in [1.165, 1.54) is 0 Å². The number of nitrogens with one attached hydrogen (secondary N) is 1. The maximum Gasteiger partial charge on any atom is 0.272 e. The van der Waals surface area contributed by atoms with E-state index in [1.807, 2.05) is 27.0 Å². The molecule has 0 aliphatic carbocycles. The fraction of sp³-hybridized carbons (Fsp3) is 0.556. The highest BCUT2D eigenvalue weighted by atomic mass is 16.2. The number of amides is 1. The molecular formula is C9H15N3O. The van der Waals surface area contributed by atoms with Crippen molar-refractivity contribution in [1.82, 2.24) is 15.1 Å². The van der Waals surface area contributed by atoms with Gasteiger partial charge in [0.05, 0.1) is 0 Å². The van der Waals surface area contributed by atoms with E-state index < -0.39 is 0 Å². The minimum Gasteiger partial charge on any atom is -0.348 e. The van der Waals surface area contributed by atoms with Gasteiger partial charge in [0.2, 0.25) is 0 Å². The topological polar surface area (TPSA) is 46.9 Å². The van der Waals surface area contributed by atoms with E-state index >= 15 is 0 Å². The van der Waals surface area contributed by atoms with Crippen LogP contribution in [0.15, 0.2) is 6.20 Å². The molecule has 1 aromatic rings. The quantitative estimate of drug-likeness (QED) is 0.735. The van der Waals surface area contributed by atoms with Crippen LogP contribution in [0.2, 0.25) is 0 Å². The van der Waals surface area contributed by atoms with E-state index in [-0.39, 0.29) is 11.9 Å². The predicted molar refractivity (Wildman–Crippen MR) is 50.5 cm³/mol. The molecule has 0 atom stereocenters. The highest BCUT2D eigenvalue weighted by molar-refractivity contribution is 5.93. The van der Waals surface area contributed by atoms with Crippen LogP contribution in [0.25, 0.3) is 0 Å². The molecule has 0 saturated carbocycles. The Balaban J connectivity index is 2.82. The van der Waals surface area contributed by atoms with Gasteiger partial charge in [0, 0.05) is 24.8 Å². The van der Waals surface area contributed by atoms with Crippen LogP contribution < -0.4 is 5.32 Å². The number of carbonyl (C=O) groups excluding carboxylic acids is 1. The molecule has 0 aliphatic rings. The van der Waals surface area contributed by atoms with Crippen LogP contribution in [0.5, 0.6) is 0 Å². The van der Waals surface area contributed by atoms with Gasteiger partial charge in [-0.2, -0.15) is 5.10 Å². The number of hydrogen-bond donors (Lipinski definition) is 1. The van der Waals surface area contributed by atoms with Crippen molar-refractivity contribution in [2.75, 3.05) is 0 Å². The minimum absolute atomic E-state index is 0.104. The van der Waals surface area contributed by atoms with E-state index in [1.54, 1.807) is 11.7 Å². The predicted octanol–water partition coefficient (Wildman–Crippen LogP) is 0.867. The summed E-state index contributed by atoms with van der Waals surface area (Å²) in [6, 6.07) is 0.147. The Bertz CT molecular complexity index is 315. The average Bonchev–Trinajstić information content (AvgIpc) is 2.28. The van der Waals surface area contributed by atoms with Crippen LogP contribution in [-0.4, -0.2) is 21.7 Å². The molecule has 72 valence electrons. The van der Waals surface area contributed by atoms with Gasteiger partial charge in [0.25, 0.3) is 5.91 Å². The summed E-state index contributed by atoms with van der Waals surface area (Å²) in [5, 5.41) is 6.87. The fourth-order valence-electron chi connectivity index (χ4n) is 1.16. The highest BCUT2D eigenvalue weighted by Gasteiger charge is 2.13. The second-order valence-corrected chi connectivity index (χ2v) is 3.46. The first kappa shape index (κ1) is 9.77. The number of rotatable bonds is 2. The zero-order valence-corrected chi connectivity index (χ0v) is 8.46. The SMILES string of the molecule is Cc1cn(C)nc1C(=O)NC(C)C. The standard InChI is InChI=1S/C9H15N3O/c1-6(2)10-9(13)8-7(3)5-12(4)11-8/h5-6H,1-4H3,(H,10,13). The van der Waals surface area contributed by atoms with Gasteiger partial charge in [-0.25, -0.2) is 0 Å². The summed E-state index contributed by atoms with van der Waals surface area (Å²) in [7, 11) is 1.80. The van der Waals surface area contributed by atoms with Crippen molar-refractivity contribution in [3.05, 3.63) is 17.5 Å². The first-order valence-corrected chi connectivity index (χ1v) is 4.32. The number of aromatic nitrogens is 2. The van der Waals surface area contributed by atoms with Crippen molar-refractivity contribution in [3.8, 4) is 0 Å². The van der Waals surface area contributed by atoms with Crippen LogP contribution in [0.3, 0.4) is 0 Å². The monoisotopic (exact) mass is 181 g/mol. The molecule has 1 rings (SSSR count). The summed E-state index contributed by atoms with van der Waals surface area (Å²) >= 11 is 0. The second kappa shape index (κ2) is 3.60. The summed E-state index contributed by atoms with van der Waals surface area (Å²) in [4.78, 5) is 11.5. The number of hydrogen-bond acceptors (Lipinski definition) is 2. The van der Waals surface area contributed by atoms with Gasteiger partial charge in [-0.15, -0.1) is 0 Å². The van der Waals surface area contributed by atoms with Crippen molar-refractivity contribution in [3.63, 3.8) is 0 Å². The first-order chi connectivity index (χ1) is 6.00. The van der Waals surface area contributed by atoms with Gasteiger partial charge in [0.15, 0.2) is 5.69 Å². The molecule has 0 radical (unpaired) electrons. The van der Waals surface area contributed by atoms with Crippen LogP contribution >= 0.6 is 0 Å². The maximum absolute atomic E-state index is 11.5. The average molecular weight is 181 g/mol. The lowest BCUT2D eigenvalue weighted by atomic mass is 10.2. The summed E-state index contributed by atoms with van der Waals surface area (Å²) in [5.74, 6) is -0.104. The molecule has 0 aliphatic heterocycles. The van der Waals surface area contributed by atoms with E-state index in [0.717, 1.165) is 5.56 Å². The Labute approximate surface area is 77.9 Å². The third-order valence-corrected chi connectivity index (χ3v) is 1.65. The summed E-state index contributed by atoms with van der Waals surface area (Å²) < 4.78 is 1.64. The van der Waals surface area contributed by atoms with Gasteiger partial charge in [-0.05, 0) is 20.8 Å². The number of aryl methyl sites for hydroxylation is 2. The van der Waals surface area contributed by atoms with Crippen molar-refractivity contribution in [2.45, 2.75) is 26.8 Å². The lowest BCUT2D eigenvalue weighted by molar-refractivity contribution is 0.0937. The molecule has 1 aromatic heterocycles. The van der Waals surface area contributed by atoms with Crippen LogP contribution in [0, 0.1) is 6.92 Å². The third kappa shape index (κ3) is 2.31. The molecule has 0 unspecified atom stereocenters. The molecule has 1 heterocycles. The Morgan fingerprint density at radius 3 is 2.62 bits per heavy atom. The van der Waals surface area contributed by atoms with E-state index in [9.17, 15) is 4.79 Å². The van der Waals surface area contributed by atoms with Crippen LogP contribution in [-0.2, 0) is 7.05 Å². The first-order valence-electron chi connectivity index (χ1n) is 4.32. The fourth-order valence-corrected chi connectivity index (χ4v) is 1.16. The Morgan fingerprint density at radius 1 is 1.62 bits per heavy atom. The van der Waals surface area contributed by atoms with Crippen molar-refractivity contribution < 1.29 is 4.79 Å². The number of carbonyl (C=O) groups is 1.